The Balaban J connectivity index is 2.48. The van der Waals surface area contributed by atoms with Gasteiger partial charge in [-0.1, -0.05) is 34.8 Å². The minimum absolute atomic E-state index is 0.00188. The molecule has 3 N–H and O–H groups in total. The number of halogens is 4. The molecule has 0 heterocycles. The van der Waals surface area contributed by atoms with Gasteiger partial charge in [0.15, 0.2) is 0 Å². The summed E-state index contributed by atoms with van der Waals surface area (Å²) in [6, 6.07) is 5.75. The fourth-order valence-electron chi connectivity index (χ4n) is 1.60. The maximum Gasteiger partial charge on any atom is 0.264 e. The van der Waals surface area contributed by atoms with E-state index in [4.69, 9.17) is 40.5 Å². The molecule has 0 saturated carbocycles. The van der Waals surface area contributed by atoms with Crippen LogP contribution in [0.15, 0.2) is 35.2 Å². The average Bonchev–Trinajstić information content (AvgIpc) is 2.30. The van der Waals surface area contributed by atoms with Crippen LogP contribution >= 0.6 is 34.8 Å². The molecule has 0 unspecified atom stereocenters. The first-order valence-electron chi connectivity index (χ1n) is 5.43. The van der Waals surface area contributed by atoms with Crippen molar-refractivity contribution in [1.82, 2.24) is 0 Å². The van der Waals surface area contributed by atoms with E-state index < -0.39 is 15.8 Å². The number of nitrogen functional groups attached to an aromatic ring is 1. The molecule has 0 aromatic heterocycles. The zero-order valence-electron chi connectivity index (χ0n) is 10.2. The quantitative estimate of drug-likeness (QED) is 0.798. The van der Waals surface area contributed by atoms with Gasteiger partial charge in [-0.3, -0.25) is 4.72 Å². The average molecular weight is 370 g/mol. The van der Waals surface area contributed by atoms with Gasteiger partial charge in [0, 0.05) is 5.69 Å². The summed E-state index contributed by atoms with van der Waals surface area (Å²) < 4.78 is 39.8. The molecule has 0 spiro atoms. The fourth-order valence-corrected chi connectivity index (χ4v) is 4.19. The molecule has 0 aliphatic heterocycles. The van der Waals surface area contributed by atoms with Gasteiger partial charge in [-0.2, -0.15) is 0 Å². The summed E-state index contributed by atoms with van der Waals surface area (Å²) in [6.07, 6.45) is 0. The van der Waals surface area contributed by atoms with Gasteiger partial charge in [0.25, 0.3) is 10.0 Å². The Bertz CT molecular complexity index is 789. The molecule has 2 rings (SSSR count). The van der Waals surface area contributed by atoms with Crippen LogP contribution in [0, 0.1) is 5.82 Å². The number of nitrogens with one attached hydrogen (secondary N) is 1. The summed E-state index contributed by atoms with van der Waals surface area (Å²) in [5.74, 6) is -0.591. The van der Waals surface area contributed by atoms with Crippen molar-refractivity contribution in [1.29, 1.82) is 0 Å². The Morgan fingerprint density at radius 3 is 2.10 bits per heavy atom. The number of sulfonamides is 1. The van der Waals surface area contributed by atoms with Gasteiger partial charge in [0.05, 0.1) is 20.8 Å². The van der Waals surface area contributed by atoms with Gasteiger partial charge in [-0.15, -0.1) is 0 Å². The van der Waals surface area contributed by atoms with Crippen LogP contribution in [0.1, 0.15) is 0 Å². The largest absolute Gasteiger partial charge is 0.399 e. The van der Waals surface area contributed by atoms with E-state index in [2.05, 4.69) is 4.72 Å². The summed E-state index contributed by atoms with van der Waals surface area (Å²) in [6.45, 7) is 0. The maximum atomic E-state index is 13.0. The van der Waals surface area contributed by atoms with E-state index in [1.807, 2.05) is 0 Å². The van der Waals surface area contributed by atoms with E-state index in [1.165, 1.54) is 18.2 Å². The van der Waals surface area contributed by atoms with Crippen molar-refractivity contribution in [3.05, 3.63) is 51.2 Å². The standard InChI is InChI=1S/C12H8Cl3FN2O2S/c13-8-3-6(16)1-2-11(8)18-21(19,20)12-9(14)4-7(17)5-10(12)15/h1-5,18H,17H2. The van der Waals surface area contributed by atoms with Crippen molar-refractivity contribution < 1.29 is 12.8 Å². The maximum absolute atomic E-state index is 13.0. The Morgan fingerprint density at radius 2 is 1.57 bits per heavy atom. The predicted octanol–water partition coefficient (Wildman–Crippen LogP) is 4.17. The molecule has 0 fully saturated rings. The van der Waals surface area contributed by atoms with E-state index >= 15 is 0 Å². The second-order valence-electron chi connectivity index (χ2n) is 4.04. The lowest BCUT2D eigenvalue weighted by molar-refractivity contribution is 0.601. The lowest BCUT2D eigenvalue weighted by atomic mass is 10.3. The first-order valence-corrected chi connectivity index (χ1v) is 8.05. The molecule has 9 heteroatoms. The molecule has 0 aliphatic carbocycles. The Morgan fingerprint density at radius 1 is 1.00 bits per heavy atom. The number of hydrogen-bond acceptors (Lipinski definition) is 3. The monoisotopic (exact) mass is 368 g/mol. The van der Waals surface area contributed by atoms with Crippen LogP contribution in [0.5, 0.6) is 0 Å². The summed E-state index contributed by atoms with van der Waals surface area (Å²) in [5, 5.41) is -0.363. The highest BCUT2D eigenvalue weighted by Gasteiger charge is 2.23. The molecule has 4 nitrogen and oxygen atoms in total. The van der Waals surface area contributed by atoms with Crippen LogP contribution < -0.4 is 10.5 Å². The molecular formula is C12H8Cl3FN2O2S. The lowest BCUT2D eigenvalue weighted by Gasteiger charge is -2.12. The molecule has 2 aromatic rings. The van der Waals surface area contributed by atoms with E-state index in [1.54, 1.807) is 0 Å². The summed E-state index contributed by atoms with van der Waals surface area (Å²) >= 11 is 17.5. The van der Waals surface area contributed by atoms with Crippen molar-refractivity contribution >= 4 is 56.2 Å². The summed E-state index contributed by atoms with van der Waals surface area (Å²) in [4.78, 5) is -0.333. The second kappa shape index (κ2) is 5.88. The van der Waals surface area contributed by atoms with Crippen molar-refractivity contribution in [3.63, 3.8) is 0 Å². The summed E-state index contributed by atoms with van der Waals surface area (Å²) in [7, 11) is -4.10. The topological polar surface area (TPSA) is 72.2 Å². The first kappa shape index (κ1) is 16.2. The second-order valence-corrected chi connectivity index (χ2v) is 6.88. The Hall–Kier alpha value is -1.21. The minimum atomic E-state index is -4.10. The number of rotatable bonds is 3. The van der Waals surface area contributed by atoms with Crippen LogP contribution in [0.25, 0.3) is 0 Å². The zero-order chi connectivity index (χ0) is 15.8. The van der Waals surface area contributed by atoms with Gasteiger partial charge < -0.3 is 5.73 Å². The van der Waals surface area contributed by atoms with E-state index in [0.717, 1.165) is 12.1 Å². The van der Waals surface area contributed by atoms with E-state index in [0.29, 0.717) is 0 Å². The SMILES string of the molecule is Nc1cc(Cl)c(S(=O)(=O)Nc2ccc(F)cc2Cl)c(Cl)c1. The van der Waals surface area contributed by atoms with Gasteiger partial charge in [-0.25, -0.2) is 12.8 Å². The van der Waals surface area contributed by atoms with Crippen molar-refractivity contribution in [2.24, 2.45) is 0 Å². The van der Waals surface area contributed by atoms with Crippen molar-refractivity contribution in [3.8, 4) is 0 Å². The highest BCUT2D eigenvalue weighted by molar-refractivity contribution is 7.93. The van der Waals surface area contributed by atoms with Crippen molar-refractivity contribution in [2.45, 2.75) is 4.90 Å². The lowest BCUT2D eigenvalue weighted by Crippen LogP contribution is -2.14. The van der Waals surface area contributed by atoms with Crippen LogP contribution in [0.3, 0.4) is 0 Å². The molecule has 0 saturated heterocycles. The van der Waals surface area contributed by atoms with Crippen LogP contribution in [0.4, 0.5) is 15.8 Å². The number of anilines is 2. The van der Waals surface area contributed by atoms with Crippen LogP contribution in [-0.2, 0) is 10.0 Å². The van der Waals surface area contributed by atoms with Gasteiger partial charge in [-0.05, 0) is 30.3 Å². The first-order chi connectivity index (χ1) is 9.70. The molecule has 0 amide bonds. The Labute approximate surface area is 135 Å². The van der Waals surface area contributed by atoms with E-state index in [9.17, 15) is 12.8 Å². The predicted molar refractivity (Wildman–Crippen MR) is 83.1 cm³/mol. The normalized spacial score (nSPS) is 11.4. The third kappa shape index (κ3) is 3.52. The fraction of sp³-hybridized carbons (Fsp3) is 0. The molecule has 0 radical (unpaired) electrons. The highest BCUT2D eigenvalue weighted by Crippen LogP contribution is 2.34. The van der Waals surface area contributed by atoms with Gasteiger partial charge in [0.1, 0.15) is 10.7 Å². The van der Waals surface area contributed by atoms with E-state index in [-0.39, 0.29) is 31.3 Å². The van der Waals surface area contributed by atoms with Crippen LogP contribution in [-0.4, -0.2) is 8.42 Å². The highest BCUT2D eigenvalue weighted by atomic mass is 35.5. The molecule has 2 aromatic carbocycles. The van der Waals surface area contributed by atoms with Crippen LogP contribution in [0.2, 0.25) is 15.1 Å². The molecule has 0 bridgehead atoms. The number of hydrogen-bond donors (Lipinski definition) is 2. The summed E-state index contributed by atoms with van der Waals surface area (Å²) in [5.41, 5.74) is 5.75. The molecular weight excluding hydrogens is 362 g/mol. The number of nitrogens with two attached hydrogens (primary N) is 1. The molecule has 21 heavy (non-hydrogen) atoms. The third-order valence-electron chi connectivity index (χ3n) is 2.46. The van der Waals surface area contributed by atoms with Gasteiger partial charge in [0.2, 0.25) is 0 Å². The zero-order valence-corrected chi connectivity index (χ0v) is 13.3. The third-order valence-corrected chi connectivity index (χ3v) is 5.06. The minimum Gasteiger partial charge on any atom is -0.399 e. The van der Waals surface area contributed by atoms with Crippen molar-refractivity contribution in [2.75, 3.05) is 10.5 Å². The molecule has 0 atom stereocenters. The van der Waals surface area contributed by atoms with Gasteiger partial charge >= 0.3 is 0 Å². The molecule has 112 valence electrons. The Kier molecular flexibility index (Phi) is 4.53. The molecule has 0 aliphatic rings. The number of benzene rings is 2. The smallest absolute Gasteiger partial charge is 0.264 e.